The van der Waals surface area contributed by atoms with Crippen molar-refractivity contribution in [2.45, 2.75) is 0 Å². The highest BCUT2D eigenvalue weighted by atomic mass is 16.3. The molecular formula is C54H32O2. The van der Waals surface area contributed by atoms with Gasteiger partial charge in [0.2, 0.25) is 0 Å². The summed E-state index contributed by atoms with van der Waals surface area (Å²) in [5.74, 6) is 0. The zero-order valence-electron chi connectivity index (χ0n) is 37.7. The number of rotatable bonds is 4. The molecule has 12 aromatic rings. The zero-order valence-corrected chi connectivity index (χ0v) is 29.7. The Morgan fingerprint density at radius 3 is 1.48 bits per heavy atom. The largest absolute Gasteiger partial charge is 0.456 e. The molecule has 0 fully saturated rings. The molecule has 0 radical (unpaired) electrons. The van der Waals surface area contributed by atoms with Gasteiger partial charge in [-0.15, -0.1) is 0 Å². The number of furan rings is 2. The number of hydrogen-bond donors (Lipinski definition) is 0. The van der Waals surface area contributed by atoms with Crippen LogP contribution in [0.4, 0.5) is 0 Å². The minimum atomic E-state index is -0.443. The van der Waals surface area contributed by atoms with Crippen LogP contribution in [0, 0.1) is 0 Å². The van der Waals surface area contributed by atoms with Crippen molar-refractivity contribution in [3.63, 3.8) is 0 Å². The molecule has 0 N–H and O–H groups in total. The highest BCUT2D eigenvalue weighted by Gasteiger charge is 2.21. The van der Waals surface area contributed by atoms with E-state index in [0.717, 1.165) is 71.3 Å². The fraction of sp³-hybridized carbons (Fsp3) is 0. The average Bonchev–Trinajstić information content (AvgIpc) is 3.90. The van der Waals surface area contributed by atoms with E-state index in [0.29, 0.717) is 27.8 Å². The Morgan fingerprint density at radius 2 is 0.804 bits per heavy atom. The third-order valence-corrected chi connectivity index (χ3v) is 11.1. The van der Waals surface area contributed by atoms with E-state index in [2.05, 4.69) is 18.2 Å². The van der Waals surface area contributed by atoms with Crippen LogP contribution in [0.15, 0.2) is 203 Å². The van der Waals surface area contributed by atoms with Gasteiger partial charge < -0.3 is 8.83 Å². The van der Waals surface area contributed by atoms with Crippen molar-refractivity contribution >= 4 is 76.2 Å². The van der Waals surface area contributed by atoms with Gasteiger partial charge in [0.15, 0.2) is 0 Å². The first-order valence-corrected chi connectivity index (χ1v) is 18.5. The van der Waals surface area contributed by atoms with Gasteiger partial charge in [-0.1, -0.05) is 164 Å². The summed E-state index contributed by atoms with van der Waals surface area (Å²) in [6.07, 6.45) is 0. The molecule has 0 spiro atoms. The lowest BCUT2D eigenvalue weighted by atomic mass is 9.82. The Bertz CT molecular complexity index is 3920. The SMILES string of the molecule is [2H]c1c([2H])c([2H])c2c(-c3ccc(-c4ccc5c(c4)oc4ccc6oc7ccccc7c6c45)c4ccccc34)c3c([2H])c([2H])c([2H])c([2H])c3c(-c3ccccc3-c3ccccc3)c2c1[2H]. The molecule has 0 saturated carbocycles. The monoisotopic (exact) mass is 720 g/mol. The average molecular weight is 721 g/mol. The Morgan fingerprint density at radius 1 is 0.304 bits per heavy atom. The Labute approximate surface area is 333 Å². The summed E-state index contributed by atoms with van der Waals surface area (Å²) in [5, 5.41) is 6.19. The first-order valence-electron chi connectivity index (χ1n) is 22.5. The predicted molar refractivity (Wildman–Crippen MR) is 235 cm³/mol. The van der Waals surface area contributed by atoms with Crippen LogP contribution in [0.1, 0.15) is 11.0 Å². The molecule has 0 aliphatic rings. The molecule has 2 aromatic heterocycles. The highest BCUT2D eigenvalue weighted by molar-refractivity contribution is 6.27. The van der Waals surface area contributed by atoms with E-state index in [1.165, 1.54) is 0 Å². The molecule has 56 heavy (non-hydrogen) atoms. The fourth-order valence-electron chi connectivity index (χ4n) is 8.75. The molecule has 0 saturated heterocycles. The smallest absolute Gasteiger partial charge is 0.136 e. The van der Waals surface area contributed by atoms with Crippen LogP contribution in [-0.2, 0) is 0 Å². The molecule has 0 atom stereocenters. The number of benzene rings is 10. The molecule has 0 amide bonds. The molecule has 0 bridgehead atoms. The summed E-state index contributed by atoms with van der Waals surface area (Å²) in [4.78, 5) is 0. The van der Waals surface area contributed by atoms with E-state index in [4.69, 9.17) is 14.3 Å². The molecule has 2 heterocycles. The van der Waals surface area contributed by atoms with E-state index < -0.39 is 24.2 Å². The van der Waals surface area contributed by atoms with Crippen molar-refractivity contribution in [1.29, 1.82) is 0 Å². The maximum Gasteiger partial charge on any atom is 0.136 e. The molecule has 0 aliphatic heterocycles. The Balaban J connectivity index is 1.18. The normalized spacial score (nSPS) is 13.9. The summed E-state index contributed by atoms with van der Waals surface area (Å²) in [6.45, 7) is 0. The van der Waals surface area contributed by atoms with E-state index in [9.17, 15) is 5.48 Å². The van der Waals surface area contributed by atoms with Crippen LogP contribution in [0.5, 0.6) is 0 Å². The lowest BCUT2D eigenvalue weighted by Gasteiger charge is -2.21. The first kappa shape index (κ1) is 24.1. The van der Waals surface area contributed by atoms with Crippen molar-refractivity contribution in [2.75, 3.05) is 0 Å². The van der Waals surface area contributed by atoms with Crippen molar-refractivity contribution in [3.8, 4) is 44.5 Å². The van der Waals surface area contributed by atoms with Gasteiger partial charge in [0.1, 0.15) is 22.3 Å². The third-order valence-electron chi connectivity index (χ3n) is 11.1. The van der Waals surface area contributed by atoms with Crippen LogP contribution in [0.2, 0.25) is 0 Å². The topological polar surface area (TPSA) is 26.3 Å². The van der Waals surface area contributed by atoms with Gasteiger partial charge >= 0.3 is 0 Å². The maximum atomic E-state index is 9.58. The molecule has 260 valence electrons. The second kappa shape index (κ2) is 12.0. The Kier molecular flexibility index (Phi) is 5.18. The van der Waals surface area contributed by atoms with Gasteiger partial charge in [-0.3, -0.25) is 0 Å². The summed E-state index contributed by atoms with van der Waals surface area (Å²) in [6, 6.07) is 43.8. The molecule has 10 aromatic carbocycles. The summed E-state index contributed by atoms with van der Waals surface area (Å²) < 4.78 is 86.9. The van der Waals surface area contributed by atoms with E-state index >= 15 is 0 Å². The quantitative estimate of drug-likeness (QED) is 0.169. The summed E-state index contributed by atoms with van der Waals surface area (Å²) in [7, 11) is 0. The van der Waals surface area contributed by atoms with Crippen molar-refractivity contribution in [3.05, 3.63) is 194 Å². The third kappa shape index (κ3) is 4.50. The number of hydrogen-bond acceptors (Lipinski definition) is 2. The second-order valence-electron chi connectivity index (χ2n) is 14.1. The van der Waals surface area contributed by atoms with Crippen LogP contribution in [0.3, 0.4) is 0 Å². The Hall–Kier alpha value is -7.42. The lowest BCUT2D eigenvalue weighted by Crippen LogP contribution is -1.93. The van der Waals surface area contributed by atoms with Gasteiger partial charge in [-0.25, -0.2) is 0 Å². The van der Waals surface area contributed by atoms with E-state index in [1.54, 1.807) is 0 Å². The van der Waals surface area contributed by atoms with Gasteiger partial charge in [-0.05, 0) is 107 Å². The van der Waals surface area contributed by atoms with Gasteiger partial charge in [0, 0.05) is 21.5 Å². The molecular weight excluding hydrogens is 681 g/mol. The van der Waals surface area contributed by atoms with Crippen LogP contribution >= 0.6 is 0 Å². The van der Waals surface area contributed by atoms with Gasteiger partial charge in [-0.2, -0.15) is 0 Å². The molecule has 0 unspecified atom stereocenters. The maximum absolute atomic E-state index is 9.58. The zero-order chi connectivity index (χ0) is 43.7. The summed E-state index contributed by atoms with van der Waals surface area (Å²) >= 11 is 0. The first-order chi connectivity index (χ1) is 31.1. The second-order valence-corrected chi connectivity index (χ2v) is 14.1. The van der Waals surface area contributed by atoms with Crippen LogP contribution in [-0.4, -0.2) is 0 Å². The van der Waals surface area contributed by atoms with Crippen molar-refractivity contribution < 1.29 is 19.8 Å². The van der Waals surface area contributed by atoms with Gasteiger partial charge in [0.25, 0.3) is 0 Å². The standard InChI is InChI=1S/C54H32O2/c1-2-14-33(15-3-1)35-16-4-7-19-39(35)51-40-20-8-10-22-42(40)52(43-23-11-9-21-41(43)51)44-29-28-36(37-17-5-6-18-38(37)44)34-26-27-46-50(32-34)56-49-31-30-48-53(54(46)49)45-24-12-13-25-47(45)55-48/h1-32H/i8D,9D,10D,11D,20D,21D,22D,23D. The number of para-hydroxylation sites is 1. The van der Waals surface area contributed by atoms with Crippen molar-refractivity contribution in [2.24, 2.45) is 0 Å². The van der Waals surface area contributed by atoms with Crippen LogP contribution in [0.25, 0.3) is 121 Å². The predicted octanol–water partition coefficient (Wildman–Crippen LogP) is 15.6. The fourth-order valence-corrected chi connectivity index (χ4v) is 8.75. The summed E-state index contributed by atoms with van der Waals surface area (Å²) in [5.41, 5.74) is 8.15. The van der Waals surface area contributed by atoms with E-state index in [1.807, 2.05) is 127 Å². The minimum absolute atomic E-state index is 0.168. The number of fused-ring (bicyclic) bond motifs is 10. The lowest BCUT2D eigenvalue weighted by molar-refractivity contribution is 0.663. The van der Waals surface area contributed by atoms with Crippen molar-refractivity contribution in [1.82, 2.24) is 0 Å². The molecule has 2 heteroatoms. The van der Waals surface area contributed by atoms with Crippen LogP contribution < -0.4 is 0 Å². The highest BCUT2D eigenvalue weighted by Crippen LogP contribution is 2.48. The molecule has 2 nitrogen and oxygen atoms in total. The van der Waals surface area contributed by atoms with Gasteiger partial charge in [0.05, 0.1) is 11.0 Å². The minimum Gasteiger partial charge on any atom is -0.456 e. The molecule has 12 rings (SSSR count). The molecule has 0 aliphatic carbocycles. The van der Waals surface area contributed by atoms with E-state index in [-0.39, 0.29) is 45.7 Å².